The number of hydrogen-bond acceptors (Lipinski definition) is 6. The Labute approximate surface area is 149 Å². The highest BCUT2D eigenvalue weighted by atomic mass is 16.6. The van der Waals surface area contributed by atoms with E-state index in [1.54, 1.807) is 14.2 Å². The van der Waals surface area contributed by atoms with Gasteiger partial charge in [-0.25, -0.2) is 0 Å². The van der Waals surface area contributed by atoms with Crippen molar-refractivity contribution in [3.8, 4) is 17.2 Å². The third-order valence-corrected chi connectivity index (χ3v) is 5.39. The summed E-state index contributed by atoms with van der Waals surface area (Å²) in [5, 5.41) is 10.8. The summed E-state index contributed by atoms with van der Waals surface area (Å²) in [6.45, 7) is 6.31. The first-order valence-electron chi connectivity index (χ1n) is 8.96. The molecule has 2 aliphatic rings. The molecule has 2 aliphatic heterocycles. The molecule has 1 aromatic carbocycles. The van der Waals surface area contributed by atoms with Gasteiger partial charge in [0.05, 0.1) is 12.7 Å². The molecule has 1 N–H and O–H groups in total. The smallest absolute Gasteiger partial charge is 0.165 e. The van der Waals surface area contributed by atoms with Crippen LogP contribution in [0.2, 0.25) is 0 Å². The van der Waals surface area contributed by atoms with Crippen molar-refractivity contribution in [3.05, 3.63) is 17.7 Å². The summed E-state index contributed by atoms with van der Waals surface area (Å²) in [4.78, 5) is 2.36. The maximum Gasteiger partial charge on any atom is 0.165 e. The summed E-state index contributed by atoms with van der Waals surface area (Å²) in [5.74, 6) is 2.54. The lowest BCUT2D eigenvalue weighted by Gasteiger charge is -2.43. The maximum absolute atomic E-state index is 10.8. The van der Waals surface area contributed by atoms with E-state index >= 15 is 0 Å². The zero-order valence-corrected chi connectivity index (χ0v) is 15.4. The van der Waals surface area contributed by atoms with Crippen LogP contribution in [0.1, 0.15) is 25.3 Å². The number of rotatable bonds is 6. The molecule has 2 atom stereocenters. The second-order valence-corrected chi connectivity index (χ2v) is 7.04. The highest BCUT2D eigenvalue weighted by Gasteiger charge is 2.38. The number of ether oxygens (including phenoxy) is 4. The van der Waals surface area contributed by atoms with Crippen molar-refractivity contribution < 1.29 is 24.1 Å². The molecule has 25 heavy (non-hydrogen) atoms. The summed E-state index contributed by atoms with van der Waals surface area (Å²) >= 11 is 0. The van der Waals surface area contributed by atoms with Crippen LogP contribution in [-0.4, -0.2) is 62.7 Å². The number of likely N-dealkylation sites (tertiary alicyclic amines) is 1. The van der Waals surface area contributed by atoms with Crippen molar-refractivity contribution in [2.24, 2.45) is 5.92 Å². The molecule has 0 unspecified atom stereocenters. The molecule has 3 rings (SSSR count). The molecule has 6 heteroatoms. The van der Waals surface area contributed by atoms with Crippen LogP contribution < -0.4 is 14.2 Å². The molecule has 0 bridgehead atoms. The van der Waals surface area contributed by atoms with Gasteiger partial charge < -0.3 is 24.1 Å². The second-order valence-electron chi connectivity index (χ2n) is 7.04. The van der Waals surface area contributed by atoms with Gasteiger partial charge in [-0.15, -0.1) is 0 Å². The largest absolute Gasteiger partial charge is 0.496 e. The molecule has 1 fully saturated rings. The van der Waals surface area contributed by atoms with Crippen molar-refractivity contribution in [1.82, 2.24) is 4.90 Å². The minimum absolute atomic E-state index is 0.194. The number of fused-ring (bicyclic) bond motifs is 1. The number of piperidine rings is 1. The normalized spacial score (nSPS) is 26.5. The Morgan fingerprint density at radius 3 is 2.60 bits per heavy atom. The molecule has 140 valence electrons. The summed E-state index contributed by atoms with van der Waals surface area (Å²) in [7, 11) is 3.36. The Morgan fingerprint density at radius 1 is 1.24 bits per heavy atom. The highest BCUT2D eigenvalue weighted by molar-refractivity contribution is 5.51. The zero-order chi connectivity index (χ0) is 17.9. The molecule has 2 heterocycles. The Kier molecular flexibility index (Phi) is 5.71. The highest BCUT2D eigenvalue weighted by Crippen LogP contribution is 2.38. The van der Waals surface area contributed by atoms with Crippen LogP contribution in [0.25, 0.3) is 0 Å². The lowest BCUT2D eigenvalue weighted by Crippen LogP contribution is -2.51. The van der Waals surface area contributed by atoms with E-state index in [4.69, 9.17) is 18.9 Å². The number of nitrogens with zero attached hydrogens (tertiary/aromatic N) is 1. The molecule has 0 amide bonds. The number of methoxy groups -OCH3 is 2. The van der Waals surface area contributed by atoms with Crippen molar-refractivity contribution in [3.63, 3.8) is 0 Å². The van der Waals surface area contributed by atoms with Crippen LogP contribution in [0.15, 0.2) is 12.1 Å². The lowest BCUT2D eigenvalue weighted by atomic mass is 9.80. The van der Waals surface area contributed by atoms with Crippen molar-refractivity contribution in [2.75, 3.05) is 47.1 Å². The lowest BCUT2D eigenvalue weighted by molar-refractivity contribution is -0.0828. The van der Waals surface area contributed by atoms with E-state index in [1.165, 1.54) is 0 Å². The van der Waals surface area contributed by atoms with E-state index < -0.39 is 5.60 Å². The van der Waals surface area contributed by atoms with E-state index in [0.717, 1.165) is 48.9 Å². The van der Waals surface area contributed by atoms with Crippen LogP contribution in [0.3, 0.4) is 0 Å². The van der Waals surface area contributed by atoms with Gasteiger partial charge in [0.1, 0.15) is 19.0 Å². The van der Waals surface area contributed by atoms with Gasteiger partial charge in [-0.3, -0.25) is 4.90 Å². The summed E-state index contributed by atoms with van der Waals surface area (Å²) < 4.78 is 22.0. The fourth-order valence-electron chi connectivity index (χ4n) is 3.71. The van der Waals surface area contributed by atoms with Crippen LogP contribution in [0.4, 0.5) is 0 Å². The van der Waals surface area contributed by atoms with Gasteiger partial charge in [0, 0.05) is 45.0 Å². The molecule has 6 nitrogen and oxygen atoms in total. The molecule has 0 aliphatic carbocycles. The third-order valence-electron chi connectivity index (χ3n) is 5.39. The van der Waals surface area contributed by atoms with E-state index in [0.29, 0.717) is 26.2 Å². The van der Waals surface area contributed by atoms with Gasteiger partial charge in [-0.2, -0.15) is 0 Å². The van der Waals surface area contributed by atoms with Gasteiger partial charge in [-0.05, 0) is 24.8 Å². The Bertz CT molecular complexity index is 593. The third kappa shape index (κ3) is 4.02. The molecule has 0 aromatic heterocycles. The first kappa shape index (κ1) is 18.3. The fraction of sp³-hybridized carbons (Fsp3) is 0.684. The quantitative estimate of drug-likeness (QED) is 0.847. The van der Waals surface area contributed by atoms with Crippen molar-refractivity contribution in [1.29, 1.82) is 0 Å². The van der Waals surface area contributed by atoms with Gasteiger partial charge >= 0.3 is 0 Å². The second kappa shape index (κ2) is 7.81. The minimum atomic E-state index is -0.636. The minimum Gasteiger partial charge on any atom is -0.496 e. The molecule has 0 saturated carbocycles. The van der Waals surface area contributed by atoms with Crippen molar-refractivity contribution >= 4 is 0 Å². The molecule has 0 radical (unpaired) electrons. The molecule has 1 aromatic rings. The van der Waals surface area contributed by atoms with Crippen molar-refractivity contribution in [2.45, 2.75) is 31.9 Å². The van der Waals surface area contributed by atoms with E-state index in [-0.39, 0.29) is 5.92 Å². The predicted octanol–water partition coefficient (Wildman–Crippen LogP) is 2.08. The molecular formula is C19H29NO5. The van der Waals surface area contributed by atoms with Crippen LogP contribution >= 0.6 is 0 Å². The van der Waals surface area contributed by atoms with Crippen LogP contribution in [0, 0.1) is 5.92 Å². The first-order valence-corrected chi connectivity index (χ1v) is 8.96. The van der Waals surface area contributed by atoms with Crippen LogP contribution in [-0.2, 0) is 11.3 Å². The first-order chi connectivity index (χ1) is 12.1. The average molecular weight is 351 g/mol. The van der Waals surface area contributed by atoms with E-state index in [9.17, 15) is 5.11 Å². The Morgan fingerprint density at radius 2 is 1.96 bits per heavy atom. The number of benzene rings is 1. The van der Waals surface area contributed by atoms with Gasteiger partial charge in [0.2, 0.25) is 0 Å². The number of aliphatic hydroxyl groups is 1. The van der Waals surface area contributed by atoms with Gasteiger partial charge in [-0.1, -0.05) is 6.92 Å². The fourth-order valence-corrected chi connectivity index (χ4v) is 3.71. The van der Waals surface area contributed by atoms with E-state index in [1.807, 2.05) is 12.1 Å². The SMILES string of the molecule is COCC[C@]1(O)CCN(Cc2cc3c(cc2OC)OCCO3)C[C@H]1C. The van der Waals surface area contributed by atoms with Crippen LogP contribution in [0.5, 0.6) is 17.2 Å². The average Bonchev–Trinajstić information content (AvgIpc) is 2.63. The van der Waals surface area contributed by atoms with Gasteiger partial charge in [0.25, 0.3) is 0 Å². The summed E-state index contributed by atoms with van der Waals surface area (Å²) in [6, 6.07) is 3.93. The zero-order valence-electron chi connectivity index (χ0n) is 15.4. The maximum atomic E-state index is 10.8. The molecule has 1 saturated heterocycles. The van der Waals surface area contributed by atoms with E-state index in [2.05, 4.69) is 11.8 Å². The molecule has 0 spiro atoms. The predicted molar refractivity (Wildman–Crippen MR) is 94.5 cm³/mol. The monoisotopic (exact) mass is 351 g/mol. The van der Waals surface area contributed by atoms with Gasteiger partial charge in [0.15, 0.2) is 11.5 Å². The molecular weight excluding hydrogens is 322 g/mol. The summed E-state index contributed by atoms with van der Waals surface area (Å²) in [6.07, 6.45) is 1.44. The Balaban J connectivity index is 1.69. The topological polar surface area (TPSA) is 60.4 Å². The standard InChI is InChI=1S/C19H29NO5/c1-14-12-20(6-4-19(14,21)5-7-22-2)13-15-10-17-18(11-16(15)23-3)25-9-8-24-17/h10-11,14,21H,4-9,12-13H2,1-3H3/t14-,19-/m1/s1. The Hall–Kier alpha value is -1.50. The summed E-state index contributed by atoms with van der Waals surface area (Å²) in [5.41, 5.74) is 0.449. The number of hydrogen-bond donors (Lipinski definition) is 1.